The molecular weight excluding hydrogens is 332 g/mol. The highest BCUT2D eigenvalue weighted by molar-refractivity contribution is 9.10. The summed E-state index contributed by atoms with van der Waals surface area (Å²) >= 11 is 3.51. The minimum absolute atomic E-state index is 0.0872. The number of rotatable bonds is 6. The molecule has 0 atom stereocenters. The Hall–Kier alpha value is -1.07. The first kappa shape index (κ1) is 16.3. The number of hydrogen-bond donors (Lipinski definition) is 1. The molecule has 1 amide bonds. The number of carbonyl (C=O) groups excluding carboxylic acids is 1. The molecule has 0 radical (unpaired) electrons. The van der Waals surface area contributed by atoms with Crippen molar-refractivity contribution in [2.75, 3.05) is 26.2 Å². The summed E-state index contributed by atoms with van der Waals surface area (Å²) in [6, 6.07) is 4.07. The Bertz CT molecular complexity index is 499. The third-order valence-corrected chi connectivity index (χ3v) is 4.14. The first-order valence-corrected chi connectivity index (χ1v) is 8.31. The molecule has 0 aromatic heterocycles. The first-order valence-electron chi connectivity index (χ1n) is 7.52. The summed E-state index contributed by atoms with van der Waals surface area (Å²) < 4.78 is 6.88. The smallest absolute Gasteiger partial charge is 0.260 e. The van der Waals surface area contributed by atoms with Crippen LogP contribution >= 0.6 is 15.9 Å². The highest BCUT2D eigenvalue weighted by Crippen LogP contribution is 2.28. The average molecular weight is 355 g/mol. The van der Waals surface area contributed by atoms with Crippen molar-refractivity contribution in [3.8, 4) is 5.75 Å². The maximum absolute atomic E-state index is 12.1. The summed E-state index contributed by atoms with van der Waals surface area (Å²) in [5.41, 5.74) is 2.13. The molecule has 0 unspecified atom stereocenters. The fourth-order valence-corrected chi connectivity index (χ4v) is 3.21. The van der Waals surface area contributed by atoms with Crippen molar-refractivity contribution in [1.82, 2.24) is 10.2 Å². The molecule has 5 heteroatoms. The number of benzene rings is 1. The highest BCUT2D eigenvalue weighted by atomic mass is 79.9. The van der Waals surface area contributed by atoms with Crippen molar-refractivity contribution in [2.45, 2.75) is 33.2 Å². The van der Waals surface area contributed by atoms with Crippen LogP contribution in [-0.4, -0.2) is 37.0 Å². The highest BCUT2D eigenvalue weighted by Gasteiger charge is 2.19. The Morgan fingerprint density at radius 1 is 1.38 bits per heavy atom. The molecular formula is C16H23BrN2O2. The molecule has 4 nitrogen and oxygen atoms in total. The quantitative estimate of drug-likeness (QED) is 0.853. The van der Waals surface area contributed by atoms with E-state index in [0.29, 0.717) is 0 Å². The van der Waals surface area contributed by atoms with Crippen LogP contribution in [0, 0.1) is 6.92 Å². The fourth-order valence-electron chi connectivity index (χ4n) is 2.59. The molecule has 1 fully saturated rings. The molecule has 21 heavy (non-hydrogen) atoms. The minimum Gasteiger partial charge on any atom is -0.483 e. The Morgan fingerprint density at radius 2 is 2.10 bits per heavy atom. The summed E-state index contributed by atoms with van der Waals surface area (Å²) in [5.74, 6) is 0.913. The van der Waals surface area contributed by atoms with E-state index in [1.807, 2.05) is 24.0 Å². The molecule has 0 bridgehead atoms. The molecule has 1 aromatic carbocycles. The van der Waals surface area contributed by atoms with E-state index in [0.717, 1.165) is 60.4 Å². The Kier molecular flexibility index (Phi) is 6.06. The van der Waals surface area contributed by atoms with Crippen LogP contribution in [-0.2, 0) is 11.3 Å². The third kappa shape index (κ3) is 4.45. The average Bonchev–Trinajstić information content (AvgIpc) is 2.97. The van der Waals surface area contributed by atoms with Crippen LogP contribution in [0.5, 0.6) is 5.75 Å². The van der Waals surface area contributed by atoms with E-state index in [2.05, 4.69) is 28.2 Å². The molecule has 0 aliphatic carbocycles. The van der Waals surface area contributed by atoms with Gasteiger partial charge < -0.3 is 15.0 Å². The number of halogens is 1. The van der Waals surface area contributed by atoms with E-state index in [-0.39, 0.29) is 12.5 Å². The van der Waals surface area contributed by atoms with E-state index < -0.39 is 0 Å². The van der Waals surface area contributed by atoms with Crippen LogP contribution in [0.3, 0.4) is 0 Å². The molecule has 116 valence electrons. The summed E-state index contributed by atoms with van der Waals surface area (Å²) in [6.07, 6.45) is 2.21. The van der Waals surface area contributed by atoms with Crippen molar-refractivity contribution in [3.05, 3.63) is 27.7 Å². The second-order valence-corrected chi connectivity index (χ2v) is 6.28. The zero-order chi connectivity index (χ0) is 15.2. The lowest BCUT2D eigenvalue weighted by atomic mass is 10.1. The van der Waals surface area contributed by atoms with Crippen molar-refractivity contribution in [2.24, 2.45) is 0 Å². The van der Waals surface area contributed by atoms with Gasteiger partial charge in [0, 0.05) is 29.7 Å². The van der Waals surface area contributed by atoms with Gasteiger partial charge in [0.1, 0.15) is 5.75 Å². The number of ether oxygens (including phenoxy) is 1. The van der Waals surface area contributed by atoms with Gasteiger partial charge in [-0.2, -0.15) is 0 Å². The summed E-state index contributed by atoms with van der Waals surface area (Å²) in [7, 11) is 0. The standard InChI is InChI=1S/C16H23BrN2O2/c1-3-18-10-13-9-14(17)8-12(2)16(13)21-11-15(20)19-6-4-5-7-19/h8-9,18H,3-7,10-11H2,1-2H3. The monoisotopic (exact) mass is 354 g/mol. The van der Waals surface area contributed by atoms with E-state index in [4.69, 9.17) is 4.74 Å². The molecule has 1 saturated heterocycles. The van der Waals surface area contributed by atoms with Gasteiger partial charge in [0.25, 0.3) is 5.91 Å². The minimum atomic E-state index is 0.0872. The van der Waals surface area contributed by atoms with Crippen molar-refractivity contribution in [3.63, 3.8) is 0 Å². The van der Waals surface area contributed by atoms with E-state index in [9.17, 15) is 4.79 Å². The van der Waals surface area contributed by atoms with E-state index in [1.54, 1.807) is 0 Å². The maximum atomic E-state index is 12.1. The predicted octanol–water partition coefficient (Wildman–Crippen LogP) is 2.87. The second kappa shape index (κ2) is 7.80. The van der Waals surface area contributed by atoms with Crippen LogP contribution in [0.2, 0.25) is 0 Å². The number of likely N-dealkylation sites (tertiary alicyclic amines) is 1. The molecule has 1 N–H and O–H groups in total. The number of hydrogen-bond acceptors (Lipinski definition) is 3. The van der Waals surface area contributed by atoms with Crippen LogP contribution < -0.4 is 10.1 Å². The molecule has 1 aliphatic rings. The van der Waals surface area contributed by atoms with Crippen LogP contribution in [0.15, 0.2) is 16.6 Å². The Balaban J connectivity index is 2.05. The van der Waals surface area contributed by atoms with Gasteiger partial charge in [-0.05, 0) is 44.0 Å². The zero-order valence-electron chi connectivity index (χ0n) is 12.7. The number of aryl methyl sites for hydroxylation is 1. The molecule has 0 saturated carbocycles. The number of amides is 1. The molecule has 2 rings (SSSR count). The third-order valence-electron chi connectivity index (χ3n) is 3.68. The first-order chi connectivity index (χ1) is 10.1. The number of nitrogens with zero attached hydrogens (tertiary/aromatic N) is 1. The van der Waals surface area contributed by atoms with Gasteiger partial charge in [-0.25, -0.2) is 0 Å². The Labute approximate surface area is 135 Å². The lowest BCUT2D eigenvalue weighted by molar-refractivity contribution is -0.132. The normalized spacial score (nSPS) is 14.5. The van der Waals surface area contributed by atoms with E-state index in [1.165, 1.54) is 0 Å². The zero-order valence-corrected chi connectivity index (χ0v) is 14.3. The van der Waals surface area contributed by atoms with Gasteiger partial charge in [0.2, 0.25) is 0 Å². The Morgan fingerprint density at radius 3 is 2.76 bits per heavy atom. The summed E-state index contributed by atoms with van der Waals surface area (Å²) in [6.45, 7) is 7.58. The van der Waals surface area contributed by atoms with Crippen LogP contribution in [0.1, 0.15) is 30.9 Å². The number of nitrogens with one attached hydrogen (secondary N) is 1. The second-order valence-electron chi connectivity index (χ2n) is 5.37. The van der Waals surface area contributed by atoms with Gasteiger partial charge in [-0.15, -0.1) is 0 Å². The van der Waals surface area contributed by atoms with Gasteiger partial charge in [0.05, 0.1) is 0 Å². The lowest BCUT2D eigenvalue weighted by Gasteiger charge is -2.18. The maximum Gasteiger partial charge on any atom is 0.260 e. The van der Waals surface area contributed by atoms with Gasteiger partial charge in [0.15, 0.2) is 6.61 Å². The van der Waals surface area contributed by atoms with Crippen molar-refractivity contribution < 1.29 is 9.53 Å². The SMILES string of the molecule is CCNCc1cc(Br)cc(C)c1OCC(=O)N1CCCC1. The van der Waals surface area contributed by atoms with Gasteiger partial charge >= 0.3 is 0 Å². The van der Waals surface area contributed by atoms with Crippen molar-refractivity contribution in [1.29, 1.82) is 0 Å². The predicted molar refractivity (Wildman–Crippen MR) is 87.6 cm³/mol. The van der Waals surface area contributed by atoms with Gasteiger partial charge in [-0.1, -0.05) is 22.9 Å². The summed E-state index contributed by atoms with van der Waals surface area (Å²) in [5, 5.41) is 3.31. The molecule has 0 spiro atoms. The lowest BCUT2D eigenvalue weighted by Crippen LogP contribution is -2.32. The largest absolute Gasteiger partial charge is 0.483 e. The van der Waals surface area contributed by atoms with E-state index >= 15 is 0 Å². The molecule has 1 aromatic rings. The van der Waals surface area contributed by atoms with Gasteiger partial charge in [-0.3, -0.25) is 4.79 Å². The van der Waals surface area contributed by atoms with Crippen molar-refractivity contribution >= 4 is 21.8 Å². The summed E-state index contributed by atoms with van der Waals surface area (Å²) in [4.78, 5) is 14.0. The molecule has 1 aliphatic heterocycles. The van der Waals surface area contributed by atoms with Crippen LogP contribution in [0.4, 0.5) is 0 Å². The van der Waals surface area contributed by atoms with Crippen LogP contribution in [0.25, 0.3) is 0 Å². The topological polar surface area (TPSA) is 41.6 Å². The molecule has 1 heterocycles. The number of carbonyl (C=O) groups is 1. The fraction of sp³-hybridized carbons (Fsp3) is 0.562.